The van der Waals surface area contributed by atoms with Crippen LogP contribution in [0.25, 0.3) is 0 Å². The Labute approximate surface area is 123 Å². The molecule has 0 spiro atoms. The predicted octanol–water partition coefficient (Wildman–Crippen LogP) is 3.04. The van der Waals surface area contributed by atoms with Gasteiger partial charge in [0.25, 0.3) is 0 Å². The van der Waals surface area contributed by atoms with Gasteiger partial charge in [0.2, 0.25) is 0 Å². The van der Waals surface area contributed by atoms with Crippen LogP contribution in [0.1, 0.15) is 27.2 Å². The molecule has 21 heavy (non-hydrogen) atoms. The summed E-state index contributed by atoms with van der Waals surface area (Å²) in [4.78, 5) is 17.1. The molecule has 0 aliphatic rings. The average molecular weight is 281 g/mol. The summed E-state index contributed by atoms with van der Waals surface area (Å²) in [6.07, 6.45) is 0. The molecule has 0 radical (unpaired) electrons. The molecule has 1 heterocycles. The van der Waals surface area contributed by atoms with Gasteiger partial charge < -0.3 is 10.0 Å². The zero-order valence-corrected chi connectivity index (χ0v) is 12.1. The smallest absolute Gasteiger partial charge is 0.335 e. The summed E-state index contributed by atoms with van der Waals surface area (Å²) < 4.78 is 0. The first-order chi connectivity index (χ1) is 9.93. The number of carbonyl (C=O) groups is 1. The van der Waals surface area contributed by atoms with Gasteiger partial charge in [0, 0.05) is 18.4 Å². The lowest BCUT2D eigenvalue weighted by Gasteiger charge is -2.21. The Kier molecular flexibility index (Phi) is 3.90. The van der Waals surface area contributed by atoms with E-state index in [-0.39, 0.29) is 5.56 Å². The molecule has 0 atom stereocenters. The SMILES string of the molecule is Cc1cc(C)c(C#N)c(N(C)c2ccc(C(=O)O)cc2)n1. The molecule has 2 rings (SSSR count). The van der Waals surface area contributed by atoms with Crippen LogP contribution in [-0.2, 0) is 0 Å². The summed E-state index contributed by atoms with van der Waals surface area (Å²) >= 11 is 0. The van der Waals surface area contributed by atoms with Gasteiger partial charge in [-0.1, -0.05) is 0 Å². The van der Waals surface area contributed by atoms with Crippen molar-refractivity contribution < 1.29 is 9.90 Å². The van der Waals surface area contributed by atoms with Crippen molar-refractivity contribution in [2.45, 2.75) is 13.8 Å². The fourth-order valence-electron chi connectivity index (χ4n) is 2.15. The standard InChI is InChI=1S/C16H15N3O2/c1-10-8-11(2)18-15(14(10)9-17)19(3)13-6-4-12(5-7-13)16(20)21/h4-8H,1-3H3,(H,20,21). The van der Waals surface area contributed by atoms with Crippen LogP contribution < -0.4 is 4.90 Å². The number of nitrogens with zero attached hydrogens (tertiary/aromatic N) is 3. The molecule has 2 aromatic rings. The van der Waals surface area contributed by atoms with Crippen LogP contribution in [0, 0.1) is 25.2 Å². The molecule has 0 bridgehead atoms. The summed E-state index contributed by atoms with van der Waals surface area (Å²) in [7, 11) is 1.80. The second kappa shape index (κ2) is 5.63. The minimum absolute atomic E-state index is 0.223. The molecule has 0 aliphatic carbocycles. The average Bonchev–Trinajstić information content (AvgIpc) is 2.46. The van der Waals surface area contributed by atoms with Crippen molar-refractivity contribution in [3.05, 3.63) is 52.7 Å². The van der Waals surface area contributed by atoms with Crippen molar-refractivity contribution >= 4 is 17.5 Å². The highest BCUT2D eigenvalue weighted by molar-refractivity contribution is 5.88. The molecule has 1 aromatic carbocycles. The second-order valence-corrected chi connectivity index (χ2v) is 4.80. The molecule has 0 saturated heterocycles. The molecule has 0 fully saturated rings. The first-order valence-electron chi connectivity index (χ1n) is 6.39. The summed E-state index contributed by atoms with van der Waals surface area (Å²) in [6, 6.07) is 10.5. The molecular weight excluding hydrogens is 266 g/mol. The van der Waals surface area contributed by atoms with Crippen molar-refractivity contribution in [2.24, 2.45) is 0 Å². The maximum absolute atomic E-state index is 10.9. The van der Waals surface area contributed by atoms with Gasteiger partial charge >= 0.3 is 5.97 Å². The fraction of sp³-hybridized carbons (Fsp3) is 0.188. The summed E-state index contributed by atoms with van der Waals surface area (Å²) in [6.45, 7) is 3.75. The van der Waals surface area contributed by atoms with E-state index in [0.717, 1.165) is 16.9 Å². The topological polar surface area (TPSA) is 77.2 Å². The first-order valence-corrected chi connectivity index (χ1v) is 6.39. The molecule has 0 amide bonds. The number of carboxylic acid groups (broad SMARTS) is 1. The number of aromatic carboxylic acids is 1. The van der Waals surface area contributed by atoms with Gasteiger partial charge in [-0.25, -0.2) is 9.78 Å². The highest BCUT2D eigenvalue weighted by atomic mass is 16.4. The van der Waals surface area contributed by atoms with Gasteiger partial charge in [0.15, 0.2) is 5.82 Å². The highest BCUT2D eigenvalue weighted by Gasteiger charge is 2.14. The van der Waals surface area contributed by atoms with Crippen molar-refractivity contribution in [2.75, 3.05) is 11.9 Å². The number of rotatable bonds is 3. The monoisotopic (exact) mass is 281 g/mol. The normalized spacial score (nSPS) is 10.0. The molecule has 106 valence electrons. The van der Waals surface area contributed by atoms with Gasteiger partial charge in [0.1, 0.15) is 6.07 Å². The van der Waals surface area contributed by atoms with Gasteiger partial charge in [-0.15, -0.1) is 0 Å². The van der Waals surface area contributed by atoms with Crippen LogP contribution in [-0.4, -0.2) is 23.1 Å². The Morgan fingerprint density at radius 3 is 2.43 bits per heavy atom. The molecule has 5 heteroatoms. The van der Waals surface area contributed by atoms with E-state index in [1.54, 1.807) is 24.1 Å². The zero-order chi connectivity index (χ0) is 15.6. The number of aryl methyl sites for hydroxylation is 2. The predicted molar refractivity (Wildman–Crippen MR) is 79.9 cm³/mol. The lowest BCUT2D eigenvalue weighted by atomic mass is 10.1. The molecule has 1 N–H and O–H groups in total. The molecule has 0 unspecified atom stereocenters. The third-order valence-electron chi connectivity index (χ3n) is 3.26. The number of benzene rings is 1. The van der Waals surface area contributed by atoms with Gasteiger partial charge in [-0.05, 0) is 49.7 Å². The summed E-state index contributed by atoms with van der Waals surface area (Å²) in [5, 5.41) is 18.2. The highest BCUT2D eigenvalue weighted by Crippen LogP contribution is 2.27. The summed E-state index contributed by atoms with van der Waals surface area (Å²) in [5.41, 5.74) is 3.21. The molecule has 1 aromatic heterocycles. The third-order valence-corrected chi connectivity index (χ3v) is 3.26. The maximum Gasteiger partial charge on any atom is 0.335 e. The molecule has 0 aliphatic heterocycles. The minimum atomic E-state index is -0.966. The van der Waals surface area contributed by atoms with Gasteiger partial charge in [0.05, 0.1) is 11.1 Å². The van der Waals surface area contributed by atoms with Crippen LogP contribution >= 0.6 is 0 Å². The first kappa shape index (κ1) is 14.5. The van der Waals surface area contributed by atoms with Crippen molar-refractivity contribution in [3.8, 4) is 6.07 Å². The number of hydrogen-bond acceptors (Lipinski definition) is 4. The Balaban J connectivity index is 2.47. The minimum Gasteiger partial charge on any atom is -0.478 e. The van der Waals surface area contributed by atoms with Crippen LogP contribution in [0.15, 0.2) is 30.3 Å². The fourth-order valence-corrected chi connectivity index (χ4v) is 2.15. The van der Waals surface area contributed by atoms with E-state index in [1.807, 2.05) is 19.9 Å². The van der Waals surface area contributed by atoms with E-state index < -0.39 is 5.97 Å². The van der Waals surface area contributed by atoms with Gasteiger partial charge in [-0.3, -0.25) is 0 Å². The van der Waals surface area contributed by atoms with E-state index >= 15 is 0 Å². The van der Waals surface area contributed by atoms with E-state index in [2.05, 4.69) is 11.1 Å². The van der Waals surface area contributed by atoms with E-state index in [4.69, 9.17) is 5.11 Å². The number of carboxylic acids is 1. The molecule has 0 saturated carbocycles. The van der Waals surface area contributed by atoms with E-state index in [1.165, 1.54) is 12.1 Å². The maximum atomic E-state index is 10.9. The largest absolute Gasteiger partial charge is 0.478 e. The Morgan fingerprint density at radius 2 is 1.90 bits per heavy atom. The van der Waals surface area contributed by atoms with Crippen LogP contribution in [0.5, 0.6) is 0 Å². The zero-order valence-electron chi connectivity index (χ0n) is 12.1. The number of aromatic nitrogens is 1. The Hall–Kier alpha value is -2.87. The third kappa shape index (κ3) is 2.84. The lowest BCUT2D eigenvalue weighted by Crippen LogP contribution is -2.14. The van der Waals surface area contributed by atoms with E-state index in [0.29, 0.717) is 11.4 Å². The van der Waals surface area contributed by atoms with Crippen molar-refractivity contribution in [1.82, 2.24) is 4.98 Å². The number of anilines is 2. The van der Waals surface area contributed by atoms with Gasteiger partial charge in [-0.2, -0.15) is 5.26 Å². The second-order valence-electron chi connectivity index (χ2n) is 4.80. The van der Waals surface area contributed by atoms with Crippen molar-refractivity contribution in [3.63, 3.8) is 0 Å². The van der Waals surface area contributed by atoms with Crippen LogP contribution in [0.2, 0.25) is 0 Å². The number of hydrogen-bond donors (Lipinski definition) is 1. The van der Waals surface area contributed by atoms with Crippen LogP contribution in [0.3, 0.4) is 0 Å². The Bertz CT molecular complexity index is 730. The molecular formula is C16H15N3O2. The lowest BCUT2D eigenvalue weighted by molar-refractivity contribution is 0.0697. The van der Waals surface area contributed by atoms with Crippen molar-refractivity contribution in [1.29, 1.82) is 5.26 Å². The molecule has 5 nitrogen and oxygen atoms in total. The Morgan fingerprint density at radius 1 is 1.29 bits per heavy atom. The number of nitriles is 1. The number of pyridine rings is 1. The van der Waals surface area contributed by atoms with E-state index in [9.17, 15) is 10.1 Å². The quantitative estimate of drug-likeness (QED) is 0.935. The van der Waals surface area contributed by atoms with Crippen LogP contribution in [0.4, 0.5) is 11.5 Å². The summed E-state index contributed by atoms with van der Waals surface area (Å²) in [5.74, 6) is -0.399.